The molecule has 0 amide bonds. The van der Waals surface area contributed by atoms with E-state index in [1.54, 1.807) is 19.5 Å². The number of aromatic nitrogens is 3. The molecule has 0 bridgehead atoms. The van der Waals surface area contributed by atoms with Crippen LogP contribution in [0.5, 0.6) is 5.75 Å². The van der Waals surface area contributed by atoms with Crippen molar-refractivity contribution in [1.82, 2.24) is 14.5 Å². The maximum atomic E-state index is 5.34. The first-order chi connectivity index (χ1) is 8.79. The lowest BCUT2D eigenvalue weighted by Crippen LogP contribution is -1.94. The van der Waals surface area contributed by atoms with Crippen LogP contribution in [0, 0.1) is 4.77 Å². The van der Waals surface area contributed by atoms with Crippen LogP contribution in [-0.4, -0.2) is 21.6 Å². The molecule has 0 unspecified atom stereocenters. The number of rotatable bonds is 2. The number of hydrogen-bond donors (Lipinski definition) is 1. The van der Waals surface area contributed by atoms with Gasteiger partial charge in [-0.1, -0.05) is 0 Å². The van der Waals surface area contributed by atoms with Crippen LogP contribution in [0.2, 0.25) is 0 Å². The Hall–Kier alpha value is -2.14. The lowest BCUT2D eigenvalue weighted by Gasteiger charge is -2.05. The van der Waals surface area contributed by atoms with E-state index in [-0.39, 0.29) is 0 Å². The van der Waals surface area contributed by atoms with Crippen molar-refractivity contribution < 1.29 is 4.74 Å². The first-order valence-electron chi connectivity index (χ1n) is 5.49. The van der Waals surface area contributed by atoms with E-state index in [1.165, 1.54) is 0 Å². The Morgan fingerprint density at radius 2 is 2.00 bits per heavy atom. The van der Waals surface area contributed by atoms with Gasteiger partial charge in [0.05, 0.1) is 24.3 Å². The van der Waals surface area contributed by atoms with Crippen LogP contribution in [0.1, 0.15) is 0 Å². The van der Waals surface area contributed by atoms with Gasteiger partial charge in [-0.3, -0.25) is 9.55 Å². The Morgan fingerprint density at radius 3 is 2.72 bits per heavy atom. The van der Waals surface area contributed by atoms with Gasteiger partial charge in [0.25, 0.3) is 0 Å². The molecule has 0 aliphatic heterocycles. The number of ether oxygens (including phenoxy) is 1. The number of H-pyrrole nitrogens is 1. The number of methoxy groups -OCH3 is 1. The molecule has 0 radical (unpaired) electrons. The second kappa shape index (κ2) is 4.27. The van der Waals surface area contributed by atoms with E-state index in [0.29, 0.717) is 4.77 Å². The van der Waals surface area contributed by atoms with E-state index in [2.05, 4.69) is 9.97 Å². The molecule has 0 spiro atoms. The number of benzene rings is 1. The smallest absolute Gasteiger partial charge is 0.182 e. The Bertz CT molecular complexity index is 743. The van der Waals surface area contributed by atoms with Crippen LogP contribution in [0.15, 0.2) is 42.7 Å². The highest BCUT2D eigenvalue weighted by Gasteiger charge is 2.05. The molecular formula is C13H11N3OS. The molecule has 3 rings (SSSR count). The van der Waals surface area contributed by atoms with Gasteiger partial charge in [0.1, 0.15) is 5.75 Å². The lowest BCUT2D eigenvalue weighted by molar-refractivity contribution is 0.415. The van der Waals surface area contributed by atoms with E-state index in [9.17, 15) is 0 Å². The molecule has 90 valence electrons. The van der Waals surface area contributed by atoms with Crippen molar-refractivity contribution >= 4 is 23.3 Å². The van der Waals surface area contributed by atoms with Gasteiger partial charge in [-0.05, 0) is 42.5 Å². The summed E-state index contributed by atoms with van der Waals surface area (Å²) in [5, 5.41) is 0. The zero-order valence-corrected chi connectivity index (χ0v) is 10.6. The molecule has 0 saturated heterocycles. The molecule has 0 aliphatic carbocycles. The van der Waals surface area contributed by atoms with Gasteiger partial charge in [-0.25, -0.2) is 0 Å². The minimum Gasteiger partial charge on any atom is -0.497 e. The summed E-state index contributed by atoms with van der Waals surface area (Å²) in [6.07, 6.45) is 3.52. The van der Waals surface area contributed by atoms with Gasteiger partial charge in [0, 0.05) is 11.9 Å². The first kappa shape index (κ1) is 11.0. The number of imidazole rings is 1. The van der Waals surface area contributed by atoms with Gasteiger partial charge < -0.3 is 9.72 Å². The largest absolute Gasteiger partial charge is 0.497 e. The predicted molar refractivity (Wildman–Crippen MR) is 72.8 cm³/mol. The molecule has 0 atom stereocenters. The molecule has 5 heteroatoms. The highest BCUT2D eigenvalue weighted by Crippen LogP contribution is 2.20. The third kappa shape index (κ3) is 1.69. The molecule has 1 aromatic carbocycles. The molecule has 18 heavy (non-hydrogen) atoms. The maximum Gasteiger partial charge on any atom is 0.182 e. The van der Waals surface area contributed by atoms with Gasteiger partial charge in [-0.15, -0.1) is 0 Å². The summed E-state index contributed by atoms with van der Waals surface area (Å²) in [6, 6.07) is 9.71. The van der Waals surface area contributed by atoms with Crippen molar-refractivity contribution in [3.05, 3.63) is 47.5 Å². The number of aromatic amines is 1. The van der Waals surface area contributed by atoms with Crippen LogP contribution in [0.25, 0.3) is 16.7 Å². The van der Waals surface area contributed by atoms with Crippen molar-refractivity contribution in [2.45, 2.75) is 0 Å². The molecule has 4 nitrogen and oxygen atoms in total. The van der Waals surface area contributed by atoms with Gasteiger partial charge in [0.15, 0.2) is 4.77 Å². The Balaban J connectivity index is 2.24. The monoisotopic (exact) mass is 257 g/mol. The van der Waals surface area contributed by atoms with Crippen LogP contribution >= 0.6 is 12.2 Å². The Kier molecular flexibility index (Phi) is 2.60. The maximum absolute atomic E-state index is 5.34. The SMILES string of the molecule is COc1ccc(-n2c(=S)[nH]c3cnccc32)cc1. The number of fused-ring (bicyclic) bond motifs is 1. The minimum absolute atomic E-state index is 0.656. The van der Waals surface area contributed by atoms with Crippen molar-refractivity contribution in [2.75, 3.05) is 7.11 Å². The van der Waals surface area contributed by atoms with Crippen molar-refractivity contribution in [2.24, 2.45) is 0 Å². The van der Waals surface area contributed by atoms with Crippen LogP contribution in [0.3, 0.4) is 0 Å². The van der Waals surface area contributed by atoms with E-state index in [1.807, 2.05) is 34.9 Å². The second-order valence-electron chi connectivity index (χ2n) is 3.86. The molecule has 0 saturated carbocycles. The number of pyridine rings is 1. The predicted octanol–water partition coefficient (Wildman–Crippen LogP) is 3.09. The van der Waals surface area contributed by atoms with E-state index in [0.717, 1.165) is 22.5 Å². The topological polar surface area (TPSA) is 42.8 Å². The van der Waals surface area contributed by atoms with E-state index in [4.69, 9.17) is 17.0 Å². The molecule has 0 fully saturated rings. The highest BCUT2D eigenvalue weighted by molar-refractivity contribution is 7.71. The fraction of sp³-hybridized carbons (Fsp3) is 0.0769. The standard InChI is InChI=1S/C13H11N3OS/c1-17-10-4-2-9(3-5-10)16-12-6-7-14-8-11(12)15-13(16)18/h2-8H,1H3,(H,15,18). The number of nitrogens with zero attached hydrogens (tertiary/aromatic N) is 2. The average Bonchev–Trinajstić information content (AvgIpc) is 2.75. The summed E-state index contributed by atoms with van der Waals surface area (Å²) in [5.74, 6) is 0.826. The van der Waals surface area contributed by atoms with Gasteiger partial charge in [-0.2, -0.15) is 0 Å². The van der Waals surface area contributed by atoms with Gasteiger partial charge in [0.2, 0.25) is 0 Å². The van der Waals surface area contributed by atoms with E-state index < -0.39 is 0 Å². The Labute approximate surface area is 109 Å². The van der Waals surface area contributed by atoms with Crippen molar-refractivity contribution in [1.29, 1.82) is 0 Å². The summed E-state index contributed by atoms with van der Waals surface area (Å²) in [5.41, 5.74) is 2.94. The van der Waals surface area contributed by atoms with E-state index >= 15 is 0 Å². The normalized spacial score (nSPS) is 10.7. The second-order valence-corrected chi connectivity index (χ2v) is 4.24. The zero-order chi connectivity index (χ0) is 12.5. The third-order valence-corrected chi connectivity index (χ3v) is 3.10. The average molecular weight is 257 g/mol. The molecule has 2 heterocycles. The third-order valence-electron chi connectivity index (χ3n) is 2.81. The minimum atomic E-state index is 0.656. The summed E-state index contributed by atoms with van der Waals surface area (Å²) in [4.78, 5) is 7.22. The van der Waals surface area contributed by atoms with Crippen LogP contribution in [-0.2, 0) is 0 Å². The molecule has 3 aromatic rings. The highest BCUT2D eigenvalue weighted by atomic mass is 32.1. The Morgan fingerprint density at radius 1 is 1.22 bits per heavy atom. The first-order valence-corrected chi connectivity index (χ1v) is 5.89. The molecule has 0 aliphatic rings. The van der Waals surface area contributed by atoms with Crippen LogP contribution in [0.4, 0.5) is 0 Å². The fourth-order valence-electron chi connectivity index (χ4n) is 1.95. The lowest BCUT2D eigenvalue weighted by atomic mass is 10.3. The summed E-state index contributed by atoms with van der Waals surface area (Å²) in [7, 11) is 1.65. The van der Waals surface area contributed by atoms with Crippen LogP contribution < -0.4 is 4.74 Å². The zero-order valence-electron chi connectivity index (χ0n) is 9.75. The summed E-state index contributed by atoms with van der Waals surface area (Å²) < 4.78 is 7.78. The van der Waals surface area contributed by atoms with Crippen molar-refractivity contribution in [3.63, 3.8) is 0 Å². The van der Waals surface area contributed by atoms with Crippen molar-refractivity contribution in [3.8, 4) is 11.4 Å². The molecule has 2 aromatic heterocycles. The molecule has 1 N–H and O–H groups in total. The number of hydrogen-bond acceptors (Lipinski definition) is 3. The fourth-order valence-corrected chi connectivity index (χ4v) is 2.26. The number of nitrogens with one attached hydrogen (secondary N) is 1. The molecular weight excluding hydrogens is 246 g/mol. The van der Waals surface area contributed by atoms with Gasteiger partial charge >= 0.3 is 0 Å². The quantitative estimate of drug-likeness (QED) is 0.717. The summed E-state index contributed by atoms with van der Waals surface area (Å²) >= 11 is 5.34. The summed E-state index contributed by atoms with van der Waals surface area (Å²) in [6.45, 7) is 0.